The molecular weight excluding hydrogens is 328 g/mol. The smallest absolute Gasteiger partial charge is 0.255 e. The van der Waals surface area contributed by atoms with Crippen molar-refractivity contribution in [1.29, 1.82) is 0 Å². The highest BCUT2D eigenvalue weighted by Crippen LogP contribution is 2.18. The standard InChI is InChI=1S/C21H24N2O3/c1-2-12-26-20-5-3-4-19(15-20)22-21(24)18-8-6-17(7-9-18)16-23-10-13-25-14-11-23/h2-9,15H,1,10-14,16H2,(H,22,24)/p+1. The van der Waals surface area contributed by atoms with Crippen LogP contribution in [0.4, 0.5) is 5.69 Å². The van der Waals surface area contributed by atoms with Gasteiger partial charge in [0.2, 0.25) is 0 Å². The Kier molecular flexibility index (Phi) is 6.41. The Balaban J connectivity index is 1.58. The molecule has 136 valence electrons. The summed E-state index contributed by atoms with van der Waals surface area (Å²) in [5.41, 5.74) is 2.58. The number of hydrogen-bond donors (Lipinski definition) is 2. The fraction of sp³-hybridized carbons (Fsp3) is 0.286. The average molecular weight is 353 g/mol. The van der Waals surface area contributed by atoms with Crippen LogP contribution in [0.15, 0.2) is 61.2 Å². The summed E-state index contributed by atoms with van der Waals surface area (Å²) in [7, 11) is 0. The number of quaternary nitrogens is 1. The Bertz CT molecular complexity index is 737. The van der Waals surface area contributed by atoms with Gasteiger partial charge in [-0.1, -0.05) is 30.9 Å². The number of anilines is 1. The zero-order valence-corrected chi connectivity index (χ0v) is 14.9. The predicted molar refractivity (Wildman–Crippen MR) is 102 cm³/mol. The van der Waals surface area contributed by atoms with E-state index < -0.39 is 0 Å². The molecule has 2 aromatic rings. The van der Waals surface area contributed by atoms with Gasteiger partial charge in [-0.25, -0.2) is 0 Å². The second kappa shape index (κ2) is 9.17. The van der Waals surface area contributed by atoms with E-state index in [2.05, 4.69) is 11.9 Å². The van der Waals surface area contributed by atoms with Crippen LogP contribution in [0.1, 0.15) is 15.9 Å². The first-order chi connectivity index (χ1) is 12.7. The van der Waals surface area contributed by atoms with Crippen LogP contribution in [-0.4, -0.2) is 38.8 Å². The minimum Gasteiger partial charge on any atom is -0.489 e. The maximum atomic E-state index is 12.5. The molecule has 2 N–H and O–H groups in total. The Labute approximate surface area is 154 Å². The van der Waals surface area contributed by atoms with Gasteiger partial charge < -0.3 is 19.7 Å². The molecule has 1 amide bonds. The lowest BCUT2D eigenvalue weighted by Crippen LogP contribution is -3.12. The van der Waals surface area contributed by atoms with Gasteiger partial charge in [0.25, 0.3) is 5.91 Å². The highest BCUT2D eigenvalue weighted by molar-refractivity contribution is 6.04. The predicted octanol–water partition coefficient (Wildman–Crippen LogP) is 1.92. The minimum atomic E-state index is -0.129. The van der Waals surface area contributed by atoms with Crippen LogP contribution in [0.25, 0.3) is 0 Å². The molecule has 0 saturated carbocycles. The molecule has 1 saturated heterocycles. The van der Waals surface area contributed by atoms with Crippen molar-refractivity contribution in [3.8, 4) is 5.75 Å². The first-order valence-electron chi connectivity index (χ1n) is 8.90. The molecule has 0 bridgehead atoms. The quantitative estimate of drug-likeness (QED) is 0.748. The normalized spacial score (nSPS) is 14.6. The molecule has 5 heteroatoms. The molecule has 0 atom stereocenters. The lowest BCUT2D eigenvalue weighted by molar-refractivity contribution is -0.921. The SMILES string of the molecule is C=CCOc1cccc(NC(=O)c2ccc(C[NH+]3CCOCC3)cc2)c1. The van der Waals surface area contributed by atoms with Gasteiger partial charge in [0, 0.05) is 22.9 Å². The molecule has 0 radical (unpaired) electrons. The van der Waals surface area contributed by atoms with Crippen molar-refractivity contribution in [2.75, 3.05) is 38.2 Å². The van der Waals surface area contributed by atoms with Crippen molar-refractivity contribution in [2.24, 2.45) is 0 Å². The molecule has 1 heterocycles. The van der Waals surface area contributed by atoms with E-state index in [9.17, 15) is 4.79 Å². The number of benzene rings is 2. The number of carbonyl (C=O) groups is 1. The Morgan fingerprint density at radius 3 is 2.69 bits per heavy atom. The minimum absolute atomic E-state index is 0.129. The van der Waals surface area contributed by atoms with Crippen LogP contribution in [-0.2, 0) is 11.3 Å². The second-order valence-corrected chi connectivity index (χ2v) is 6.32. The number of morpholine rings is 1. The summed E-state index contributed by atoms with van der Waals surface area (Å²) in [6.45, 7) is 8.75. The van der Waals surface area contributed by atoms with E-state index in [0.29, 0.717) is 23.6 Å². The van der Waals surface area contributed by atoms with Crippen molar-refractivity contribution < 1.29 is 19.2 Å². The number of nitrogens with one attached hydrogen (secondary N) is 2. The molecule has 1 aliphatic rings. The summed E-state index contributed by atoms with van der Waals surface area (Å²) in [5, 5.41) is 2.91. The first-order valence-corrected chi connectivity index (χ1v) is 8.90. The Morgan fingerprint density at radius 2 is 1.96 bits per heavy atom. The number of ether oxygens (including phenoxy) is 2. The third-order valence-corrected chi connectivity index (χ3v) is 4.33. The lowest BCUT2D eigenvalue weighted by atomic mass is 10.1. The molecule has 0 aliphatic carbocycles. The molecule has 26 heavy (non-hydrogen) atoms. The van der Waals surface area contributed by atoms with Gasteiger partial charge in [-0.3, -0.25) is 4.79 Å². The summed E-state index contributed by atoms with van der Waals surface area (Å²) in [6.07, 6.45) is 1.69. The monoisotopic (exact) mass is 353 g/mol. The van der Waals surface area contributed by atoms with E-state index in [0.717, 1.165) is 32.8 Å². The molecular formula is C21H25N2O3+. The van der Waals surface area contributed by atoms with Crippen molar-refractivity contribution in [3.63, 3.8) is 0 Å². The molecule has 2 aromatic carbocycles. The van der Waals surface area contributed by atoms with E-state index in [4.69, 9.17) is 9.47 Å². The van der Waals surface area contributed by atoms with E-state index in [1.807, 2.05) is 42.5 Å². The third-order valence-electron chi connectivity index (χ3n) is 4.33. The van der Waals surface area contributed by atoms with Crippen molar-refractivity contribution in [2.45, 2.75) is 6.54 Å². The molecule has 5 nitrogen and oxygen atoms in total. The summed E-state index contributed by atoms with van der Waals surface area (Å²) in [6, 6.07) is 15.2. The zero-order valence-electron chi connectivity index (χ0n) is 14.9. The molecule has 0 aromatic heterocycles. The number of rotatable bonds is 7. The van der Waals surface area contributed by atoms with Gasteiger partial charge in [-0.15, -0.1) is 0 Å². The van der Waals surface area contributed by atoms with Gasteiger partial charge >= 0.3 is 0 Å². The highest BCUT2D eigenvalue weighted by atomic mass is 16.5. The fourth-order valence-corrected chi connectivity index (χ4v) is 2.92. The topological polar surface area (TPSA) is 52.0 Å². The van der Waals surface area contributed by atoms with Gasteiger partial charge in [0.05, 0.1) is 13.2 Å². The van der Waals surface area contributed by atoms with Gasteiger partial charge in [0.15, 0.2) is 0 Å². The largest absolute Gasteiger partial charge is 0.489 e. The lowest BCUT2D eigenvalue weighted by Gasteiger charge is -2.23. The van der Waals surface area contributed by atoms with Crippen LogP contribution < -0.4 is 15.0 Å². The first kappa shape index (κ1) is 18.2. The van der Waals surface area contributed by atoms with E-state index >= 15 is 0 Å². The van der Waals surface area contributed by atoms with Crippen LogP contribution >= 0.6 is 0 Å². The Hall–Kier alpha value is -2.63. The van der Waals surface area contributed by atoms with Crippen LogP contribution in [0, 0.1) is 0 Å². The van der Waals surface area contributed by atoms with Crippen LogP contribution in [0.2, 0.25) is 0 Å². The molecule has 0 unspecified atom stereocenters. The number of hydrogen-bond acceptors (Lipinski definition) is 3. The second-order valence-electron chi connectivity index (χ2n) is 6.32. The van der Waals surface area contributed by atoms with Crippen molar-refractivity contribution in [1.82, 2.24) is 0 Å². The summed E-state index contributed by atoms with van der Waals surface area (Å²) in [4.78, 5) is 14.0. The van der Waals surface area contributed by atoms with Crippen LogP contribution in [0.5, 0.6) is 5.75 Å². The van der Waals surface area contributed by atoms with Gasteiger partial charge in [-0.05, 0) is 24.3 Å². The summed E-state index contributed by atoms with van der Waals surface area (Å²) < 4.78 is 10.9. The van der Waals surface area contributed by atoms with Gasteiger partial charge in [-0.2, -0.15) is 0 Å². The summed E-state index contributed by atoms with van der Waals surface area (Å²) in [5.74, 6) is 0.572. The number of carbonyl (C=O) groups excluding carboxylic acids is 1. The van der Waals surface area contributed by atoms with Crippen molar-refractivity contribution in [3.05, 3.63) is 72.3 Å². The molecule has 1 aliphatic heterocycles. The maximum absolute atomic E-state index is 12.5. The van der Waals surface area contributed by atoms with E-state index in [1.165, 1.54) is 10.5 Å². The van der Waals surface area contributed by atoms with E-state index in [1.54, 1.807) is 12.1 Å². The van der Waals surface area contributed by atoms with Gasteiger partial charge in [0.1, 0.15) is 32.0 Å². The Morgan fingerprint density at radius 1 is 1.19 bits per heavy atom. The number of amides is 1. The van der Waals surface area contributed by atoms with Crippen LogP contribution in [0.3, 0.4) is 0 Å². The fourth-order valence-electron chi connectivity index (χ4n) is 2.92. The molecule has 1 fully saturated rings. The highest BCUT2D eigenvalue weighted by Gasteiger charge is 2.14. The average Bonchev–Trinajstić information content (AvgIpc) is 2.68. The summed E-state index contributed by atoms with van der Waals surface area (Å²) >= 11 is 0. The molecule has 0 spiro atoms. The van der Waals surface area contributed by atoms with Crippen molar-refractivity contribution >= 4 is 11.6 Å². The zero-order chi connectivity index (χ0) is 18.2. The third kappa shape index (κ3) is 5.18. The maximum Gasteiger partial charge on any atom is 0.255 e. The molecule has 3 rings (SSSR count). The van der Waals surface area contributed by atoms with E-state index in [-0.39, 0.29) is 5.91 Å².